The third kappa shape index (κ3) is 5.55. The second-order valence-electron chi connectivity index (χ2n) is 6.24. The predicted octanol–water partition coefficient (Wildman–Crippen LogP) is 4.87. The highest BCUT2D eigenvalue weighted by Gasteiger charge is 2.12. The van der Waals surface area contributed by atoms with Gasteiger partial charge >= 0.3 is 0 Å². The molecule has 0 aliphatic carbocycles. The van der Waals surface area contributed by atoms with Crippen molar-refractivity contribution in [2.75, 3.05) is 22.6 Å². The molecule has 0 radical (unpaired) electrons. The molecular weight excluding hydrogens is 388 g/mol. The van der Waals surface area contributed by atoms with Crippen LogP contribution in [-0.4, -0.2) is 23.4 Å². The first-order valence-corrected chi connectivity index (χ1v) is 9.97. The summed E-state index contributed by atoms with van der Waals surface area (Å²) in [6, 6.07) is 13.0. The molecule has 1 aromatic heterocycles. The Labute approximate surface area is 173 Å². The summed E-state index contributed by atoms with van der Waals surface area (Å²) in [6.07, 6.45) is 0. The topological polar surface area (TPSA) is 92.3 Å². The molecule has 0 unspecified atom stereocenters. The van der Waals surface area contributed by atoms with E-state index in [1.165, 1.54) is 25.2 Å². The molecule has 0 bridgehead atoms. The van der Waals surface area contributed by atoms with Gasteiger partial charge in [0.05, 0.1) is 18.0 Å². The highest BCUT2D eigenvalue weighted by Crippen LogP contribution is 2.34. The SMILES string of the molecule is CCOc1ccc(Nc2nc(-c3ccc(NC(C)=O)cc3NC(C)=O)cs2)cc1. The minimum Gasteiger partial charge on any atom is -0.494 e. The molecule has 150 valence electrons. The van der Waals surface area contributed by atoms with Crippen LogP contribution in [0.15, 0.2) is 47.8 Å². The number of thiazole rings is 1. The molecule has 0 spiro atoms. The van der Waals surface area contributed by atoms with Gasteiger partial charge in [-0.25, -0.2) is 4.98 Å². The number of carbonyl (C=O) groups excluding carboxylic acids is 2. The number of nitrogens with zero attached hydrogens (tertiary/aromatic N) is 1. The maximum Gasteiger partial charge on any atom is 0.221 e. The lowest BCUT2D eigenvalue weighted by Gasteiger charge is -2.11. The summed E-state index contributed by atoms with van der Waals surface area (Å²) >= 11 is 1.46. The normalized spacial score (nSPS) is 10.3. The molecule has 3 rings (SSSR count). The molecule has 2 amide bonds. The average Bonchev–Trinajstić information content (AvgIpc) is 3.11. The van der Waals surface area contributed by atoms with Crippen LogP contribution in [0.2, 0.25) is 0 Å². The van der Waals surface area contributed by atoms with E-state index < -0.39 is 0 Å². The predicted molar refractivity (Wildman–Crippen MR) is 117 cm³/mol. The minimum atomic E-state index is -0.200. The maximum absolute atomic E-state index is 11.6. The second-order valence-corrected chi connectivity index (χ2v) is 7.10. The molecule has 0 saturated heterocycles. The van der Waals surface area contributed by atoms with Crippen molar-refractivity contribution in [3.63, 3.8) is 0 Å². The summed E-state index contributed by atoms with van der Waals surface area (Å²) < 4.78 is 5.45. The van der Waals surface area contributed by atoms with Gasteiger partial charge in [0, 0.05) is 36.2 Å². The molecule has 3 aromatic rings. The Kier molecular flexibility index (Phi) is 6.46. The quantitative estimate of drug-likeness (QED) is 0.517. The van der Waals surface area contributed by atoms with Crippen molar-refractivity contribution in [1.82, 2.24) is 4.98 Å². The van der Waals surface area contributed by atoms with Crippen molar-refractivity contribution in [2.24, 2.45) is 0 Å². The largest absolute Gasteiger partial charge is 0.494 e. The number of carbonyl (C=O) groups is 2. The van der Waals surface area contributed by atoms with E-state index in [1.54, 1.807) is 12.1 Å². The number of amides is 2. The number of aromatic nitrogens is 1. The Morgan fingerprint density at radius 3 is 2.34 bits per heavy atom. The molecule has 8 heteroatoms. The third-order valence-corrected chi connectivity index (χ3v) is 4.61. The summed E-state index contributed by atoms with van der Waals surface area (Å²) in [5, 5.41) is 11.4. The summed E-state index contributed by atoms with van der Waals surface area (Å²) in [7, 11) is 0. The summed E-state index contributed by atoms with van der Waals surface area (Å²) in [5.74, 6) is 0.438. The van der Waals surface area contributed by atoms with E-state index in [0.717, 1.165) is 27.8 Å². The molecule has 7 nitrogen and oxygen atoms in total. The van der Waals surface area contributed by atoms with Crippen LogP contribution in [0, 0.1) is 0 Å². The zero-order valence-corrected chi connectivity index (χ0v) is 17.2. The molecule has 0 aliphatic rings. The Hall–Kier alpha value is -3.39. The van der Waals surface area contributed by atoms with Gasteiger partial charge in [-0.05, 0) is 49.4 Å². The fourth-order valence-corrected chi connectivity index (χ4v) is 3.45. The van der Waals surface area contributed by atoms with Gasteiger partial charge in [0.1, 0.15) is 5.75 Å². The lowest BCUT2D eigenvalue weighted by molar-refractivity contribution is -0.115. The highest BCUT2D eigenvalue weighted by molar-refractivity contribution is 7.14. The molecule has 3 N–H and O–H groups in total. The van der Waals surface area contributed by atoms with Crippen LogP contribution in [0.25, 0.3) is 11.3 Å². The number of anilines is 4. The second kappa shape index (κ2) is 9.20. The first-order chi connectivity index (χ1) is 13.9. The molecule has 0 atom stereocenters. The molecule has 2 aromatic carbocycles. The van der Waals surface area contributed by atoms with Crippen LogP contribution < -0.4 is 20.7 Å². The van der Waals surface area contributed by atoms with Crippen molar-refractivity contribution in [3.05, 3.63) is 47.8 Å². The van der Waals surface area contributed by atoms with Gasteiger partial charge in [0.2, 0.25) is 11.8 Å². The van der Waals surface area contributed by atoms with E-state index in [2.05, 4.69) is 20.9 Å². The summed E-state index contributed by atoms with van der Waals surface area (Å²) in [4.78, 5) is 27.6. The van der Waals surface area contributed by atoms with E-state index in [9.17, 15) is 9.59 Å². The number of benzene rings is 2. The molecule has 0 fully saturated rings. The van der Waals surface area contributed by atoms with Crippen molar-refractivity contribution in [1.29, 1.82) is 0 Å². The summed E-state index contributed by atoms with van der Waals surface area (Å²) in [5.41, 5.74) is 3.58. The Bertz CT molecular complexity index is 1020. The summed E-state index contributed by atoms with van der Waals surface area (Å²) in [6.45, 7) is 5.45. The van der Waals surface area contributed by atoms with Crippen LogP contribution in [0.3, 0.4) is 0 Å². The highest BCUT2D eigenvalue weighted by atomic mass is 32.1. The molecule has 29 heavy (non-hydrogen) atoms. The lowest BCUT2D eigenvalue weighted by atomic mass is 10.1. The smallest absolute Gasteiger partial charge is 0.221 e. The van der Waals surface area contributed by atoms with E-state index in [0.29, 0.717) is 18.0 Å². The van der Waals surface area contributed by atoms with Crippen LogP contribution in [0.4, 0.5) is 22.2 Å². The van der Waals surface area contributed by atoms with Crippen LogP contribution in [-0.2, 0) is 9.59 Å². The molecular formula is C21H22N4O3S. The van der Waals surface area contributed by atoms with Crippen molar-refractivity contribution in [2.45, 2.75) is 20.8 Å². The zero-order valence-electron chi connectivity index (χ0n) is 16.4. The molecule has 0 saturated carbocycles. The zero-order chi connectivity index (χ0) is 20.8. The van der Waals surface area contributed by atoms with E-state index in [1.807, 2.05) is 42.6 Å². The molecule has 0 aliphatic heterocycles. The minimum absolute atomic E-state index is 0.179. The Morgan fingerprint density at radius 1 is 1.00 bits per heavy atom. The average molecular weight is 410 g/mol. The Morgan fingerprint density at radius 2 is 1.69 bits per heavy atom. The van der Waals surface area contributed by atoms with E-state index in [4.69, 9.17) is 4.74 Å². The van der Waals surface area contributed by atoms with Gasteiger partial charge in [-0.2, -0.15) is 0 Å². The maximum atomic E-state index is 11.6. The fourth-order valence-electron chi connectivity index (χ4n) is 2.72. The molecule has 1 heterocycles. The monoisotopic (exact) mass is 410 g/mol. The lowest BCUT2D eigenvalue weighted by Crippen LogP contribution is -2.09. The number of hydrogen-bond donors (Lipinski definition) is 3. The van der Waals surface area contributed by atoms with Crippen LogP contribution in [0.5, 0.6) is 5.75 Å². The van der Waals surface area contributed by atoms with Gasteiger partial charge in [-0.3, -0.25) is 9.59 Å². The Balaban J connectivity index is 1.82. The number of rotatable bonds is 7. The number of ether oxygens (including phenoxy) is 1. The first-order valence-electron chi connectivity index (χ1n) is 9.09. The fraction of sp³-hybridized carbons (Fsp3) is 0.190. The standard InChI is InChI=1S/C21H22N4O3S/c1-4-28-17-8-5-15(6-9-17)24-21-25-20(12-29-21)18-10-7-16(22-13(2)26)11-19(18)23-14(3)27/h5-12H,4H2,1-3H3,(H,22,26)(H,23,27)(H,24,25). The van der Waals surface area contributed by atoms with Gasteiger partial charge in [0.15, 0.2) is 5.13 Å². The first kappa shape index (κ1) is 20.3. The number of nitrogens with one attached hydrogen (secondary N) is 3. The number of hydrogen-bond acceptors (Lipinski definition) is 6. The van der Waals surface area contributed by atoms with Crippen molar-refractivity contribution in [3.8, 4) is 17.0 Å². The van der Waals surface area contributed by atoms with Gasteiger partial charge in [-0.1, -0.05) is 0 Å². The van der Waals surface area contributed by atoms with Crippen molar-refractivity contribution < 1.29 is 14.3 Å². The van der Waals surface area contributed by atoms with Crippen molar-refractivity contribution >= 4 is 45.3 Å². The third-order valence-electron chi connectivity index (χ3n) is 3.85. The van der Waals surface area contributed by atoms with E-state index in [-0.39, 0.29) is 11.8 Å². The van der Waals surface area contributed by atoms with Gasteiger partial charge in [0.25, 0.3) is 0 Å². The van der Waals surface area contributed by atoms with Crippen LogP contribution in [0.1, 0.15) is 20.8 Å². The van der Waals surface area contributed by atoms with Crippen LogP contribution >= 0.6 is 11.3 Å². The van der Waals surface area contributed by atoms with Gasteiger partial charge < -0.3 is 20.7 Å². The van der Waals surface area contributed by atoms with E-state index >= 15 is 0 Å². The van der Waals surface area contributed by atoms with Gasteiger partial charge in [-0.15, -0.1) is 11.3 Å².